The fraction of sp³-hybridized carbons (Fsp3) is 0.263. The minimum Gasteiger partial charge on any atom is -0.349 e. The van der Waals surface area contributed by atoms with Crippen molar-refractivity contribution in [2.75, 3.05) is 13.2 Å². The Bertz CT molecular complexity index is 900. The maximum absolute atomic E-state index is 14.4. The first-order valence-corrected chi connectivity index (χ1v) is 8.09. The molecule has 2 aromatic heterocycles. The number of fused-ring (bicyclic) bond motifs is 1. The number of amides is 1. The molecule has 25 heavy (non-hydrogen) atoms. The van der Waals surface area contributed by atoms with Crippen LogP contribution in [0.5, 0.6) is 0 Å². The lowest BCUT2D eigenvalue weighted by Crippen LogP contribution is -2.25. The Morgan fingerprint density at radius 1 is 1.32 bits per heavy atom. The van der Waals surface area contributed by atoms with Crippen LogP contribution in [0.25, 0.3) is 11.0 Å². The van der Waals surface area contributed by atoms with Crippen molar-refractivity contribution < 1.29 is 13.6 Å². The molecule has 1 N–H and O–H groups in total. The molecule has 3 aromatic rings. The van der Waals surface area contributed by atoms with E-state index in [4.69, 9.17) is 0 Å². The molecule has 6 heteroatoms. The molecule has 130 valence electrons. The Hall–Kier alpha value is -2.76. The van der Waals surface area contributed by atoms with Crippen LogP contribution >= 0.6 is 0 Å². The number of pyridine rings is 1. The average Bonchev–Trinajstić information content (AvgIpc) is 2.99. The van der Waals surface area contributed by atoms with E-state index >= 15 is 0 Å². The predicted molar refractivity (Wildman–Crippen MR) is 93.0 cm³/mol. The summed E-state index contributed by atoms with van der Waals surface area (Å²) in [5, 5.41) is 2.51. The number of aryl methyl sites for hydroxylation is 1. The van der Waals surface area contributed by atoms with E-state index < -0.39 is 12.6 Å². The standard InChI is InChI=1S/C19H19F2N3O/c1-12-5-3-6-15(21)17(12)13(2)24-11-14(19(25)23-10-8-20)18-16(24)7-4-9-22-18/h3-7,9,11,13H,8,10H2,1-2H3,(H,23,25). The number of halogens is 2. The fourth-order valence-electron chi connectivity index (χ4n) is 3.14. The fourth-order valence-corrected chi connectivity index (χ4v) is 3.14. The topological polar surface area (TPSA) is 46.9 Å². The highest BCUT2D eigenvalue weighted by Gasteiger charge is 2.21. The van der Waals surface area contributed by atoms with Crippen molar-refractivity contribution in [3.05, 3.63) is 65.2 Å². The van der Waals surface area contributed by atoms with E-state index in [1.54, 1.807) is 24.5 Å². The lowest BCUT2D eigenvalue weighted by molar-refractivity contribution is 0.0952. The molecule has 3 rings (SSSR count). The second-order valence-corrected chi connectivity index (χ2v) is 5.91. The zero-order chi connectivity index (χ0) is 18.0. The van der Waals surface area contributed by atoms with Gasteiger partial charge in [0.15, 0.2) is 0 Å². The average molecular weight is 343 g/mol. The number of alkyl halides is 1. The van der Waals surface area contributed by atoms with Crippen LogP contribution in [0, 0.1) is 12.7 Å². The van der Waals surface area contributed by atoms with Gasteiger partial charge in [0.2, 0.25) is 0 Å². The molecule has 0 aliphatic carbocycles. The van der Waals surface area contributed by atoms with Gasteiger partial charge in [0.1, 0.15) is 18.0 Å². The van der Waals surface area contributed by atoms with Gasteiger partial charge in [-0.05, 0) is 37.6 Å². The molecular formula is C19H19F2N3O. The highest BCUT2D eigenvalue weighted by atomic mass is 19.1. The minimum atomic E-state index is -0.636. The number of rotatable bonds is 5. The van der Waals surface area contributed by atoms with E-state index in [-0.39, 0.29) is 18.4 Å². The summed E-state index contributed by atoms with van der Waals surface area (Å²) >= 11 is 0. The van der Waals surface area contributed by atoms with Crippen molar-refractivity contribution in [2.24, 2.45) is 0 Å². The molecule has 1 aromatic carbocycles. The molecule has 0 fully saturated rings. The minimum absolute atomic E-state index is 0.0552. The number of nitrogens with zero attached hydrogens (tertiary/aromatic N) is 2. The predicted octanol–water partition coefficient (Wildman–Crippen LogP) is 3.79. The molecule has 0 bridgehead atoms. The molecule has 1 unspecified atom stereocenters. The summed E-state index contributed by atoms with van der Waals surface area (Å²) in [5.41, 5.74) is 2.99. The molecule has 2 heterocycles. The first-order chi connectivity index (χ1) is 12.0. The number of benzene rings is 1. The number of hydrogen-bond donors (Lipinski definition) is 1. The van der Waals surface area contributed by atoms with E-state index in [9.17, 15) is 13.6 Å². The number of nitrogens with one attached hydrogen (secondary N) is 1. The van der Waals surface area contributed by atoms with E-state index in [1.165, 1.54) is 6.07 Å². The molecule has 4 nitrogen and oxygen atoms in total. The highest BCUT2D eigenvalue weighted by molar-refractivity contribution is 6.05. The highest BCUT2D eigenvalue weighted by Crippen LogP contribution is 2.30. The molecule has 0 spiro atoms. The van der Waals surface area contributed by atoms with Gasteiger partial charge in [-0.1, -0.05) is 12.1 Å². The number of aromatic nitrogens is 2. The Balaban J connectivity index is 2.12. The van der Waals surface area contributed by atoms with Crippen LogP contribution in [0.4, 0.5) is 8.78 Å². The number of carbonyl (C=O) groups is 1. The van der Waals surface area contributed by atoms with E-state index in [0.29, 0.717) is 16.6 Å². The third-order valence-corrected chi connectivity index (χ3v) is 4.32. The Labute approximate surface area is 144 Å². The summed E-state index contributed by atoms with van der Waals surface area (Å²) in [5.74, 6) is -0.681. The third-order valence-electron chi connectivity index (χ3n) is 4.32. The van der Waals surface area contributed by atoms with Crippen molar-refractivity contribution in [1.82, 2.24) is 14.9 Å². The van der Waals surface area contributed by atoms with Crippen LogP contribution < -0.4 is 5.32 Å². The molecule has 1 atom stereocenters. The van der Waals surface area contributed by atoms with E-state index in [0.717, 1.165) is 11.1 Å². The van der Waals surface area contributed by atoms with Gasteiger partial charge in [-0.3, -0.25) is 9.78 Å². The van der Waals surface area contributed by atoms with Gasteiger partial charge >= 0.3 is 0 Å². The first-order valence-electron chi connectivity index (χ1n) is 8.09. The van der Waals surface area contributed by atoms with Crippen molar-refractivity contribution in [1.29, 1.82) is 0 Å². The second kappa shape index (κ2) is 7.01. The normalized spacial score (nSPS) is 12.3. The maximum atomic E-state index is 14.4. The number of carbonyl (C=O) groups excluding carboxylic acids is 1. The Morgan fingerprint density at radius 3 is 2.84 bits per heavy atom. The summed E-state index contributed by atoms with van der Waals surface area (Å²) in [6.07, 6.45) is 3.25. The Morgan fingerprint density at radius 2 is 2.12 bits per heavy atom. The van der Waals surface area contributed by atoms with Crippen LogP contribution in [-0.4, -0.2) is 28.7 Å². The van der Waals surface area contributed by atoms with Gasteiger partial charge in [-0.15, -0.1) is 0 Å². The van der Waals surface area contributed by atoms with Crippen molar-refractivity contribution >= 4 is 16.9 Å². The molecular weight excluding hydrogens is 324 g/mol. The van der Waals surface area contributed by atoms with Crippen molar-refractivity contribution in [3.63, 3.8) is 0 Å². The van der Waals surface area contributed by atoms with Gasteiger partial charge in [0.05, 0.1) is 17.1 Å². The van der Waals surface area contributed by atoms with Crippen molar-refractivity contribution in [3.8, 4) is 0 Å². The molecule has 1 amide bonds. The lowest BCUT2D eigenvalue weighted by atomic mass is 10.0. The first kappa shape index (κ1) is 17.1. The van der Waals surface area contributed by atoms with Gasteiger partial charge in [-0.25, -0.2) is 8.78 Å². The summed E-state index contributed by atoms with van der Waals surface area (Å²) in [6.45, 7) is 3.04. The maximum Gasteiger partial charge on any atom is 0.255 e. The van der Waals surface area contributed by atoms with Crippen LogP contribution in [0.1, 0.15) is 34.5 Å². The second-order valence-electron chi connectivity index (χ2n) is 5.91. The van der Waals surface area contributed by atoms with Gasteiger partial charge in [0, 0.05) is 24.5 Å². The summed E-state index contributed by atoms with van der Waals surface area (Å²) in [4.78, 5) is 16.6. The monoisotopic (exact) mass is 343 g/mol. The quantitative estimate of drug-likeness (QED) is 0.766. The van der Waals surface area contributed by atoms with Crippen molar-refractivity contribution in [2.45, 2.75) is 19.9 Å². The molecule has 0 aliphatic heterocycles. The van der Waals surface area contributed by atoms with Crippen LogP contribution in [0.3, 0.4) is 0 Å². The van der Waals surface area contributed by atoms with Gasteiger partial charge < -0.3 is 9.88 Å². The smallest absolute Gasteiger partial charge is 0.255 e. The van der Waals surface area contributed by atoms with Crippen LogP contribution in [0.2, 0.25) is 0 Å². The zero-order valence-corrected chi connectivity index (χ0v) is 14.1. The molecule has 0 saturated heterocycles. The zero-order valence-electron chi connectivity index (χ0n) is 14.1. The van der Waals surface area contributed by atoms with Crippen LogP contribution in [0.15, 0.2) is 42.7 Å². The van der Waals surface area contributed by atoms with E-state index in [1.807, 2.05) is 30.5 Å². The molecule has 0 saturated carbocycles. The van der Waals surface area contributed by atoms with Gasteiger partial charge in [0.25, 0.3) is 5.91 Å². The summed E-state index contributed by atoms with van der Waals surface area (Å²) in [6, 6.07) is 8.23. The van der Waals surface area contributed by atoms with E-state index in [2.05, 4.69) is 10.3 Å². The SMILES string of the molecule is Cc1cccc(F)c1C(C)n1cc(C(=O)NCCF)c2ncccc21. The van der Waals surface area contributed by atoms with Gasteiger partial charge in [-0.2, -0.15) is 0 Å². The van der Waals surface area contributed by atoms with Crippen LogP contribution in [-0.2, 0) is 0 Å². The lowest BCUT2D eigenvalue weighted by Gasteiger charge is -2.18. The molecule has 0 radical (unpaired) electrons. The summed E-state index contributed by atoms with van der Waals surface area (Å²) in [7, 11) is 0. The summed E-state index contributed by atoms with van der Waals surface area (Å²) < 4.78 is 28.5. The third kappa shape index (κ3) is 3.12. The number of hydrogen-bond acceptors (Lipinski definition) is 2. The Kier molecular flexibility index (Phi) is 4.79. The largest absolute Gasteiger partial charge is 0.349 e. The molecule has 0 aliphatic rings.